The molecule has 3 rings (SSSR count). The summed E-state index contributed by atoms with van der Waals surface area (Å²) < 4.78 is 5.14. The molecule has 20 heavy (non-hydrogen) atoms. The van der Waals surface area contributed by atoms with Crippen molar-refractivity contribution in [2.45, 2.75) is 18.3 Å². The van der Waals surface area contributed by atoms with E-state index in [1.807, 2.05) is 12.3 Å². The van der Waals surface area contributed by atoms with Gasteiger partial charge in [-0.25, -0.2) is 4.98 Å². The van der Waals surface area contributed by atoms with Gasteiger partial charge in [0.25, 0.3) is 0 Å². The van der Waals surface area contributed by atoms with Crippen LogP contribution >= 0.6 is 0 Å². The van der Waals surface area contributed by atoms with Gasteiger partial charge in [0, 0.05) is 24.7 Å². The number of nitrogens with zero attached hydrogens (tertiary/aromatic N) is 1. The van der Waals surface area contributed by atoms with Gasteiger partial charge in [-0.15, -0.1) is 0 Å². The molecule has 0 spiro atoms. The van der Waals surface area contributed by atoms with E-state index < -0.39 is 0 Å². The molecule has 1 aromatic heterocycles. The molecule has 0 aliphatic carbocycles. The second-order valence-electron chi connectivity index (χ2n) is 5.25. The zero-order valence-corrected chi connectivity index (χ0v) is 11.8. The SMILES string of the molecule is COc1ccc(C2CCNCC2c2ccccc2)cn1. The van der Waals surface area contributed by atoms with E-state index in [2.05, 4.69) is 46.7 Å². The van der Waals surface area contributed by atoms with Crippen LogP contribution in [0.2, 0.25) is 0 Å². The predicted molar refractivity (Wildman–Crippen MR) is 80.2 cm³/mol. The third-order valence-corrected chi connectivity index (χ3v) is 4.11. The second-order valence-corrected chi connectivity index (χ2v) is 5.25. The molecule has 1 N–H and O–H groups in total. The minimum Gasteiger partial charge on any atom is -0.481 e. The molecular formula is C17H20N2O. The number of pyridine rings is 1. The highest BCUT2D eigenvalue weighted by molar-refractivity contribution is 5.30. The minimum atomic E-state index is 0.514. The summed E-state index contributed by atoms with van der Waals surface area (Å²) in [7, 11) is 1.65. The van der Waals surface area contributed by atoms with E-state index in [9.17, 15) is 0 Å². The molecule has 2 aromatic rings. The topological polar surface area (TPSA) is 34.1 Å². The number of aromatic nitrogens is 1. The van der Waals surface area contributed by atoms with Crippen LogP contribution in [0.1, 0.15) is 29.4 Å². The number of ether oxygens (including phenoxy) is 1. The highest BCUT2D eigenvalue weighted by Crippen LogP contribution is 2.37. The Balaban J connectivity index is 1.88. The van der Waals surface area contributed by atoms with Gasteiger partial charge in [0.2, 0.25) is 5.88 Å². The van der Waals surface area contributed by atoms with E-state index in [1.165, 1.54) is 11.1 Å². The van der Waals surface area contributed by atoms with Gasteiger partial charge in [0.1, 0.15) is 0 Å². The van der Waals surface area contributed by atoms with Gasteiger partial charge in [0.05, 0.1) is 7.11 Å². The van der Waals surface area contributed by atoms with Crippen LogP contribution in [0.3, 0.4) is 0 Å². The summed E-state index contributed by atoms with van der Waals surface area (Å²) in [5.74, 6) is 1.72. The molecule has 0 amide bonds. The highest BCUT2D eigenvalue weighted by atomic mass is 16.5. The van der Waals surface area contributed by atoms with Crippen LogP contribution in [0, 0.1) is 0 Å². The van der Waals surface area contributed by atoms with Crippen molar-refractivity contribution in [3.05, 3.63) is 59.8 Å². The van der Waals surface area contributed by atoms with E-state index in [0.29, 0.717) is 17.7 Å². The maximum atomic E-state index is 5.14. The molecule has 2 unspecified atom stereocenters. The fraction of sp³-hybridized carbons (Fsp3) is 0.353. The minimum absolute atomic E-state index is 0.514. The van der Waals surface area contributed by atoms with Crippen molar-refractivity contribution in [1.29, 1.82) is 0 Å². The average molecular weight is 268 g/mol. The van der Waals surface area contributed by atoms with Crippen molar-refractivity contribution in [3.8, 4) is 5.88 Å². The predicted octanol–water partition coefficient (Wildman–Crippen LogP) is 2.95. The Labute approximate surface area is 120 Å². The van der Waals surface area contributed by atoms with Gasteiger partial charge in [-0.1, -0.05) is 36.4 Å². The van der Waals surface area contributed by atoms with Crippen LogP contribution in [-0.2, 0) is 0 Å². The van der Waals surface area contributed by atoms with Crippen molar-refractivity contribution in [2.75, 3.05) is 20.2 Å². The molecule has 1 aromatic carbocycles. The largest absolute Gasteiger partial charge is 0.481 e. The lowest BCUT2D eigenvalue weighted by atomic mass is 9.78. The zero-order valence-electron chi connectivity index (χ0n) is 11.8. The highest BCUT2D eigenvalue weighted by Gasteiger charge is 2.27. The van der Waals surface area contributed by atoms with E-state index >= 15 is 0 Å². The van der Waals surface area contributed by atoms with Gasteiger partial charge in [-0.3, -0.25) is 0 Å². The fourth-order valence-corrected chi connectivity index (χ4v) is 3.04. The van der Waals surface area contributed by atoms with Gasteiger partial charge < -0.3 is 10.1 Å². The summed E-state index contributed by atoms with van der Waals surface area (Å²) in [6, 6.07) is 14.9. The van der Waals surface area contributed by atoms with E-state index in [4.69, 9.17) is 4.74 Å². The number of methoxy groups -OCH3 is 1. The van der Waals surface area contributed by atoms with Gasteiger partial charge in [-0.2, -0.15) is 0 Å². The third kappa shape index (κ3) is 2.68. The molecule has 1 aliphatic rings. The van der Waals surface area contributed by atoms with Crippen LogP contribution in [0.5, 0.6) is 5.88 Å². The summed E-state index contributed by atoms with van der Waals surface area (Å²) in [5.41, 5.74) is 2.71. The number of rotatable bonds is 3. The Morgan fingerprint density at radius 3 is 2.60 bits per heavy atom. The zero-order chi connectivity index (χ0) is 13.8. The quantitative estimate of drug-likeness (QED) is 0.929. The van der Waals surface area contributed by atoms with Gasteiger partial charge in [-0.05, 0) is 30.0 Å². The first-order valence-corrected chi connectivity index (χ1v) is 7.14. The van der Waals surface area contributed by atoms with Crippen LogP contribution in [0.15, 0.2) is 48.7 Å². The summed E-state index contributed by atoms with van der Waals surface area (Å²) in [5, 5.41) is 3.51. The van der Waals surface area contributed by atoms with Crippen LogP contribution in [-0.4, -0.2) is 25.2 Å². The molecule has 1 fully saturated rings. The molecule has 1 aliphatic heterocycles. The maximum Gasteiger partial charge on any atom is 0.212 e. The first kappa shape index (κ1) is 13.1. The Bertz CT molecular complexity index is 539. The Hall–Kier alpha value is -1.87. The first-order chi connectivity index (χ1) is 9.88. The lowest BCUT2D eigenvalue weighted by Gasteiger charge is -2.32. The number of hydrogen-bond donors (Lipinski definition) is 1. The second kappa shape index (κ2) is 6.06. The van der Waals surface area contributed by atoms with E-state index in [-0.39, 0.29) is 0 Å². The number of piperidine rings is 1. The standard InChI is InChI=1S/C17H20N2O/c1-20-17-8-7-14(11-19-17)15-9-10-18-12-16(15)13-5-3-2-4-6-13/h2-8,11,15-16,18H,9-10,12H2,1H3. The van der Waals surface area contributed by atoms with Crippen molar-refractivity contribution in [1.82, 2.24) is 10.3 Å². The van der Waals surface area contributed by atoms with Crippen LogP contribution in [0.25, 0.3) is 0 Å². The molecular weight excluding hydrogens is 248 g/mol. The Kier molecular flexibility index (Phi) is 3.97. The van der Waals surface area contributed by atoms with Gasteiger partial charge in [0.15, 0.2) is 0 Å². The molecule has 3 nitrogen and oxygen atoms in total. The van der Waals surface area contributed by atoms with Crippen LogP contribution in [0.4, 0.5) is 0 Å². The summed E-state index contributed by atoms with van der Waals surface area (Å²) in [4.78, 5) is 4.36. The molecule has 104 valence electrons. The van der Waals surface area contributed by atoms with E-state index in [1.54, 1.807) is 7.11 Å². The molecule has 0 saturated carbocycles. The van der Waals surface area contributed by atoms with Crippen molar-refractivity contribution in [3.63, 3.8) is 0 Å². The number of benzene rings is 1. The molecule has 2 heterocycles. The van der Waals surface area contributed by atoms with E-state index in [0.717, 1.165) is 19.5 Å². The van der Waals surface area contributed by atoms with Gasteiger partial charge >= 0.3 is 0 Å². The fourth-order valence-electron chi connectivity index (χ4n) is 3.04. The van der Waals surface area contributed by atoms with Crippen molar-refractivity contribution >= 4 is 0 Å². The lowest BCUT2D eigenvalue weighted by molar-refractivity contribution is 0.390. The molecule has 0 bridgehead atoms. The molecule has 0 radical (unpaired) electrons. The molecule has 1 saturated heterocycles. The lowest BCUT2D eigenvalue weighted by Crippen LogP contribution is -2.34. The Morgan fingerprint density at radius 2 is 1.90 bits per heavy atom. The summed E-state index contributed by atoms with van der Waals surface area (Å²) in [6.07, 6.45) is 3.11. The van der Waals surface area contributed by atoms with Crippen LogP contribution < -0.4 is 10.1 Å². The van der Waals surface area contributed by atoms with Crippen molar-refractivity contribution in [2.24, 2.45) is 0 Å². The Morgan fingerprint density at radius 1 is 1.05 bits per heavy atom. The summed E-state index contributed by atoms with van der Waals surface area (Å²) in [6.45, 7) is 2.10. The number of nitrogens with one attached hydrogen (secondary N) is 1. The molecule has 3 heteroatoms. The normalized spacial score (nSPS) is 22.4. The average Bonchev–Trinajstić information content (AvgIpc) is 2.56. The summed E-state index contributed by atoms with van der Waals surface area (Å²) >= 11 is 0. The maximum absolute atomic E-state index is 5.14. The van der Waals surface area contributed by atoms with Crippen molar-refractivity contribution < 1.29 is 4.74 Å². The molecule has 2 atom stereocenters. The monoisotopic (exact) mass is 268 g/mol. The third-order valence-electron chi connectivity index (χ3n) is 4.11. The smallest absolute Gasteiger partial charge is 0.212 e. The first-order valence-electron chi connectivity index (χ1n) is 7.14. The number of hydrogen-bond acceptors (Lipinski definition) is 3.